The minimum Gasteiger partial charge on any atom is -0.356 e. The van der Waals surface area contributed by atoms with Crippen LogP contribution in [0.3, 0.4) is 0 Å². The average molecular weight is 214 g/mol. The molecule has 3 heteroatoms. The van der Waals surface area contributed by atoms with Crippen LogP contribution in [0.25, 0.3) is 0 Å². The molecule has 0 fully saturated rings. The molecule has 0 amide bonds. The van der Waals surface area contributed by atoms with Crippen LogP contribution >= 0.6 is 0 Å². The lowest BCUT2D eigenvalue weighted by Crippen LogP contribution is -2.19. The van der Waals surface area contributed by atoms with Crippen LogP contribution in [0.5, 0.6) is 0 Å². The summed E-state index contributed by atoms with van der Waals surface area (Å²) in [6.45, 7) is 7.52. The Balaban J connectivity index is 4.14. The zero-order valence-corrected chi connectivity index (χ0v) is 10.2. The van der Waals surface area contributed by atoms with E-state index in [0.29, 0.717) is 12.3 Å². The van der Waals surface area contributed by atoms with Gasteiger partial charge in [0.2, 0.25) is 0 Å². The molecule has 15 heavy (non-hydrogen) atoms. The van der Waals surface area contributed by atoms with E-state index in [4.69, 9.17) is 9.47 Å². The Morgan fingerprint density at radius 1 is 1.27 bits per heavy atom. The van der Waals surface area contributed by atoms with Gasteiger partial charge in [-0.3, -0.25) is 0 Å². The number of ketones is 1. The Morgan fingerprint density at radius 3 is 2.13 bits per heavy atom. The number of carbonyl (C=O) groups excluding carboxylic acids is 1. The molecule has 0 radical (unpaired) electrons. The van der Waals surface area contributed by atoms with E-state index in [1.807, 2.05) is 6.92 Å². The molecule has 3 nitrogen and oxygen atoms in total. The quantitative estimate of drug-likeness (QED) is 0.460. The summed E-state index contributed by atoms with van der Waals surface area (Å²) < 4.78 is 10.3. The predicted molar refractivity (Wildman–Crippen MR) is 60.6 cm³/mol. The van der Waals surface area contributed by atoms with E-state index in [0.717, 1.165) is 18.4 Å². The highest BCUT2D eigenvalue weighted by Crippen LogP contribution is 2.22. The second-order valence-corrected chi connectivity index (χ2v) is 3.92. The highest BCUT2D eigenvalue weighted by Gasteiger charge is 2.16. The fourth-order valence-electron chi connectivity index (χ4n) is 1.46. The normalized spacial score (nSPS) is 12.9. The first-order valence-corrected chi connectivity index (χ1v) is 5.21. The topological polar surface area (TPSA) is 35.5 Å². The van der Waals surface area contributed by atoms with Gasteiger partial charge < -0.3 is 14.3 Å². The SMILES string of the molecule is C=C(C)[C@H](CCC(C)=O)CC(OC)OC. The first-order chi connectivity index (χ1) is 7.01. The van der Waals surface area contributed by atoms with Crippen molar-refractivity contribution in [3.05, 3.63) is 12.2 Å². The first-order valence-electron chi connectivity index (χ1n) is 5.21. The minimum atomic E-state index is -0.210. The molecule has 0 aliphatic rings. The Kier molecular flexibility index (Phi) is 7.26. The summed E-state index contributed by atoms with van der Waals surface area (Å²) in [6, 6.07) is 0. The van der Waals surface area contributed by atoms with Gasteiger partial charge in [0.25, 0.3) is 0 Å². The van der Waals surface area contributed by atoms with Gasteiger partial charge >= 0.3 is 0 Å². The molecule has 0 rings (SSSR count). The van der Waals surface area contributed by atoms with E-state index in [1.54, 1.807) is 21.1 Å². The number of ether oxygens (including phenoxy) is 2. The minimum absolute atomic E-state index is 0.210. The van der Waals surface area contributed by atoms with Crippen molar-refractivity contribution in [2.45, 2.75) is 39.4 Å². The highest BCUT2D eigenvalue weighted by atomic mass is 16.7. The number of hydrogen-bond donors (Lipinski definition) is 0. The zero-order valence-electron chi connectivity index (χ0n) is 10.2. The molecule has 0 aliphatic carbocycles. The lowest BCUT2D eigenvalue weighted by atomic mass is 9.92. The number of methoxy groups -OCH3 is 2. The van der Waals surface area contributed by atoms with Gasteiger partial charge in [0.15, 0.2) is 6.29 Å². The summed E-state index contributed by atoms with van der Waals surface area (Å²) in [6.07, 6.45) is 1.97. The summed E-state index contributed by atoms with van der Waals surface area (Å²) >= 11 is 0. The summed E-state index contributed by atoms with van der Waals surface area (Å²) in [7, 11) is 3.24. The fraction of sp³-hybridized carbons (Fsp3) is 0.750. The van der Waals surface area contributed by atoms with Crippen LogP contribution in [0.2, 0.25) is 0 Å². The van der Waals surface area contributed by atoms with Gasteiger partial charge in [-0.05, 0) is 26.2 Å². The molecule has 88 valence electrons. The fourth-order valence-corrected chi connectivity index (χ4v) is 1.46. The number of hydrogen-bond acceptors (Lipinski definition) is 3. The van der Waals surface area contributed by atoms with Gasteiger partial charge in [-0.1, -0.05) is 12.2 Å². The van der Waals surface area contributed by atoms with Gasteiger partial charge in [0.1, 0.15) is 5.78 Å². The number of allylic oxidation sites excluding steroid dienone is 1. The Labute approximate surface area is 92.5 Å². The van der Waals surface area contributed by atoms with Gasteiger partial charge in [0.05, 0.1) is 0 Å². The molecule has 0 spiro atoms. The largest absolute Gasteiger partial charge is 0.356 e. The standard InChI is InChI=1S/C12H22O3/c1-9(2)11(7-6-10(3)13)8-12(14-4)15-5/h11-12H,1,6-8H2,2-5H3/t11-/m1/s1. The van der Waals surface area contributed by atoms with Crippen molar-refractivity contribution in [3.8, 4) is 0 Å². The maximum absolute atomic E-state index is 10.9. The molecule has 0 aliphatic heterocycles. The lowest BCUT2D eigenvalue weighted by Gasteiger charge is -2.21. The van der Waals surface area contributed by atoms with Crippen LogP contribution in [0.1, 0.15) is 33.1 Å². The maximum atomic E-state index is 10.9. The van der Waals surface area contributed by atoms with Crippen LogP contribution in [-0.2, 0) is 14.3 Å². The lowest BCUT2D eigenvalue weighted by molar-refractivity contribution is -0.119. The van der Waals surface area contributed by atoms with Crippen LogP contribution < -0.4 is 0 Å². The van der Waals surface area contributed by atoms with Gasteiger partial charge in [-0.15, -0.1) is 0 Å². The van der Waals surface area contributed by atoms with Crippen molar-refractivity contribution in [2.75, 3.05) is 14.2 Å². The van der Waals surface area contributed by atoms with Crippen molar-refractivity contribution < 1.29 is 14.3 Å². The van der Waals surface area contributed by atoms with E-state index < -0.39 is 0 Å². The second kappa shape index (κ2) is 7.60. The average Bonchev–Trinajstić information content (AvgIpc) is 2.17. The van der Waals surface area contributed by atoms with Gasteiger partial charge in [-0.2, -0.15) is 0 Å². The molecule has 0 aromatic heterocycles. The maximum Gasteiger partial charge on any atom is 0.157 e. The number of rotatable bonds is 8. The van der Waals surface area contributed by atoms with Crippen LogP contribution in [-0.4, -0.2) is 26.3 Å². The van der Waals surface area contributed by atoms with Crippen LogP contribution in [0.15, 0.2) is 12.2 Å². The van der Waals surface area contributed by atoms with Crippen molar-refractivity contribution >= 4 is 5.78 Å². The van der Waals surface area contributed by atoms with E-state index in [2.05, 4.69) is 6.58 Å². The molecule has 0 unspecified atom stereocenters. The third-order valence-corrected chi connectivity index (χ3v) is 2.54. The molecule has 0 bridgehead atoms. The molecule has 0 saturated carbocycles. The molecule has 1 atom stereocenters. The monoisotopic (exact) mass is 214 g/mol. The second-order valence-electron chi connectivity index (χ2n) is 3.92. The van der Waals surface area contributed by atoms with Crippen molar-refractivity contribution in [3.63, 3.8) is 0 Å². The van der Waals surface area contributed by atoms with Crippen LogP contribution in [0.4, 0.5) is 0 Å². The van der Waals surface area contributed by atoms with Crippen molar-refractivity contribution in [1.82, 2.24) is 0 Å². The molecular formula is C12H22O3. The molecule has 0 N–H and O–H groups in total. The summed E-state index contributed by atoms with van der Waals surface area (Å²) in [5.74, 6) is 0.506. The van der Waals surface area contributed by atoms with E-state index in [1.165, 1.54) is 0 Å². The van der Waals surface area contributed by atoms with E-state index >= 15 is 0 Å². The highest BCUT2D eigenvalue weighted by molar-refractivity contribution is 5.75. The molecule has 0 heterocycles. The summed E-state index contributed by atoms with van der Waals surface area (Å²) in [5.41, 5.74) is 1.08. The number of carbonyl (C=O) groups is 1. The van der Waals surface area contributed by atoms with Gasteiger partial charge in [-0.25, -0.2) is 0 Å². The molecule has 0 saturated heterocycles. The summed E-state index contributed by atoms with van der Waals surface area (Å²) in [5, 5.41) is 0. The Hall–Kier alpha value is -0.670. The Bertz CT molecular complexity index is 207. The predicted octanol–water partition coefficient (Wildman–Crippen LogP) is 2.56. The molecule has 0 aromatic carbocycles. The zero-order chi connectivity index (χ0) is 11.8. The molecular weight excluding hydrogens is 192 g/mol. The first kappa shape index (κ1) is 14.3. The van der Waals surface area contributed by atoms with Crippen molar-refractivity contribution in [2.24, 2.45) is 5.92 Å². The Morgan fingerprint density at radius 2 is 1.80 bits per heavy atom. The third kappa shape index (κ3) is 6.42. The summed E-state index contributed by atoms with van der Waals surface area (Å²) in [4.78, 5) is 10.9. The van der Waals surface area contributed by atoms with Gasteiger partial charge in [0, 0.05) is 27.1 Å². The smallest absolute Gasteiger partial charge is 0.157 e. The van der Waals surface area contributed by atoms with E-state index in [-0.39, 0.29) is 12.1 Å². The molecule has 0 aromatic rings. The van der Waals surface area contributed by atoms with Crippen LogP contribution in [0, 0.1) is 5.92 Å². The number of Topliss-reactive ketones (excluding diaryl/α,β-unsaturated/α-hetero) is 1. The van der Waals surface area contributed by atoms with E-state index in [9.17, 15) is 4.79 Å². The van der Waals surface area contributed by atoms with Crippen molar-refractivity contribution in [1.29, 1.82) is 0 Å². The third-order valence-electron chi connectivity index (χ3n) is 2.54.